The van der Waals surface area contributed by atoms with E-state index in [2.05, 4.69) is 75.1 Å². The van der Waals surface area contributed by atoms with Gasteiger partial charge in [-0.2, -0.15) is 0 Å². The van der Waals surface area contributed by atoms with E-state index in [1.807, 2.05) is 38.2 Å². The number of pyridine rings is 1. The molecule has 3 heteroatoms. The fourth-order valence-corrected chi connectivity index (χ4v) is 3.62. The second-order valence-corrected chi connectivity index (χ2v) is 8.22. The van der Waals surface area contributed by atoms with Crippen molar-refractivity contribution in [2.45, 2.75) is 53.4 Å². The highest BCUT2D eigenvalue weighted by Crippen LogP contribution is 2.29. The Kier molecular flexibility index (Phi) is 6.94. The first kappa shape index (κ1) is 21.6. The van der Waals surface area contributed by atoms with Crippen molar-refractivity contribution in [1.29, 1.82) is 0 Å². The number of benzene rings is 2. The molecular weight excluding hydrogens is 366 g/mol. The molecule has 3 aromatic rings. The van der Waals surface area contributed by atoms with Crippen LogP contribution in [0.4, 0.5) is 11.4 Å². The zero-order chi connectivity index (χ0) is 21.7. The van der Waals surface area contributed by atoms with Crippen LogP contribution in [0.15, 0.2) is 76.8 Å². The zero-order valence-corrected chi connectivity index (χ0v) is 18.8. The third-order valence-electron chi connectivity index (χ3n) is 5.23. The van der Waals surface area contributed by atoms with Gasteiger partial charge < -0.3 is 0 Å². The normalized spacial score (nSPS) is 12.7. The minimum atomic E-state index is 0.414. The molecule has 2 aromatic carbocycles. The van der Waals surface area contributed by atoms with Gasteiger partial charge >= 0.3 is 0 Å². The molecule has 0 aliphatic rings. The van der Waals surface area contributed by atoms with E-state index in [1.54, 1.807) is 0 Å². The molecule has 0 fully saturated rings. The van der Waals surface area contributed by atoms with Gasteiger partial charge in [0.05, 0.1) is 22.8 Å². The van der Waals surface area contributed by atoms with Gasteiger partial charge in [0.2, 0.25) is 0 Å². The molecule has 0 spiro atoms. The van der Waals surface area contributed by atoms with Gasteiger partial charge in [-0.3, -0.25) is 15.0 Å². The molecule has 0 saturated carbocycles. The Labute approximate surface area is 180 Å². The van der Waals surface area contributed by atoms with E-state index in [1.165, 1.54) is 11.1 Å². The largest absolute Gasteiger partial charge is 0.254 e. The van der Waals surface area contributed by atoms with Gasteiger partial charge in [0, 0.05) is 17.5 Å². The quantitative estimate of drug-likeness (QED) is 0.394. The van der Waals surface area contributed by atoms with Crippen molar-refractivity contribution in [2.75, 3.05) is 0 Å². The van der Waals surface area contributed by atoms with Crippen LogP contribution in [0.1, 0.15) is 75.8 Å². The number of para-hydroxylation sites is 2. The Morgan fingerprint density at radius 1 is 0.667 bits per heavy atom. The number of nitrogens with zero attached hydrogens (tertiary/aromatic N) is 3. The standard InChI is InChI=1S/C27H31N3/c1-18(2)22-12-7-9-15-25(22)29-20(5)24-14-11-17-28-27(24)21(6)30-26-16-10-8-13-23(26)19(3)4/h7-19H,1-6H3. The summed E-state index contributed by atoms with van der Waals surface area (Å²) in [6, 6.07) is 20.7. The highest BCUT2D eigenvalue weighted by atomic mass is 14.8. The molecule has 154 valence electrons. The van der Waals surface area contributed by atoms with E-state index in [0.717, 1.165) is 34.1 Å². The van der Waals surface area contributed by atoms with Gasteiger partial charge in [-0.1, -0.05) is 64.1 Å². The van der Waals surface area contributed by atoms with Gasteiger partial charge in [-0.15, -0.1) is 0 Å². The average molecular weight is 398 g/mol. The number of aliphatic imine (C=N–C) groups is 2. The molecule has 0 atom stereocenters. The van der Waals surface area contributed by atoms with E-state index >= 15 is 0 Å². The maximum absolute atomic E-state index is 4.97. The number of aromatic nitrogens is 1. The third kappa shape index (κ3) is 4.91. The Hall–Kier alpha value is -3.07. The molecule has 0 amide bonds. The molecule has 3 rings (SSSR count). The van der Waals surface area contributed by atoms with E-state index < -0.39 is 0 Å². The molecule has 1 heterocycles. The minimum Gasteiger partial charge on any atom is -0.254 e. The van der Waals surface area contributed by atoms with E-state index in [-0.39, 0.29) is 0 Å². The first-order valence-electron chi connectivity index (χ1n) is 10.6. The molecule has 0 aliphatic heterocycles. The Balaban J connectivity index is 2.05. The number of rotatable bonds is 6. The van der Waals surface area contributed by atoms with Crippen molar-refractivity contribution in [1.82, 2.24) is 4.98 Å². The topological polar surface area (TPSA) is 37.6 Å². The van der Waals surface area contributed by atoms with E-state index in [0.29, 0.717) is 11.8 Å². The van der Waals surface area contributed by atoms with Crippen molar-refractivity contribution >= 4 is 22.8 Å². The molecule has 3 nitrogen and oxygen atoms in total. The van der Waals surface area contributed by atoms with Crippen LogP contribution in [-0.2, 0) is 0 Å². The Morgan fingerprint density at radius 2 is 1.17 bits per heavy atom. The summed E-state index contributed by atoms with van der Waals surface area (Å²) in [5.74, 6) is 0.832. The van der Waals surface area contributed by atoms with Crippen molar-refractivity contribution in [3.8, 4) is 0 Å². The molecule has 30 heavy (non-hydrogen) atoms. The molecule has 0 radical (unpaired) electrons. The van der Waals surface area contributed by atoms with Gasteiger partial charge in [0.1, 0.15) is 0 Å². The SMILES string of the molecule is CC(=Nc1ccccc1C(C)C)c1cccnc1C(C)=Nc1ccccc1C(C)C. The summed E-state index contributed by atoms with van der Waals surface area (Å²) in [5.41, 5.74) is 8.23. The van der Waals surface area contributed by atoms with Crippen LogP contribution in [0, 0.1) is 0 Å². The fraction of sp³-hybridized carbons (Fsp3) is 0.296. The lowest BCUT2D eigenvalue weighted by molar-refractivity contribution is 0.866. The first-order valence-corrected chi connectivity index (χ1v) is 10.6. The average Bonchev–Trinajstić information content (AvgIpc) is 2.74. The summed E-state index contributed by atoms with van der Waals surface area (Å²) < 4.78 is 0. The maximum Gasteiger partial charge on any atom is 0.0932 e. The smallest absolute Gasteiger partial charge is 0.0932 e. The lowest BCUT2D eigenvalue weighted by atomic mass is 10.0. The summed E-state index contributed by atoms with van der Waals surface area (Å²) in [7, 11) is 0. The number of hydrogen-bond acceptors (Lipinski definition) is 3. The van der Waals surface area contributed by atoms with Crippen molar-refractivity contribution in [3.05, 3.63) is 89.2 Å². The summed E-state index contributed by atoms with van der Waals surface area (Å²) >= 11 is 0. The minimum absolute atomic E-state index is 0.414. The monoisotopic (exact) mass is 397 g/mol. The molecule has 0 unspecified atom stereocenters. The molecule has 0 aliphatic carbocycles. The highest BCUT2D eigenvalue weighted by Gasteiger charge is 2.13. The van der Waals surface area contributed by atoms with Crippen LogP contribution in [0.3, 0.4) is 0 Å². The maximum atomic E-state index is 4.97. The summed E-state index contributed by atoms with van der Waals surface area (Å²) in [6.45, 7) is 12.9. The van der Waals surface area contributed by atoms with Gasteiger partial charge in [0.15, 0.2) is 0 Å². The third-order valence-corrected chi connectivity index (χ3v) is 5.23. The van der Waals surface area contributed by atoms with Crippen LogP contribution in [0.2, 0.25) is 0 Å². The molecular formula is C27H31N3. The van der Waals surface area contributed by atoms with Crippen molar-refractivity contribution in [3.63, 3.8) is 0 Å². The van der Waals surface area contributed by atoms with Gasteiger partial charge in [-0.05, 0) is 61.1 Å². The van der Waals surface area contributed by atoms with Crippen molar-refractivity contribution in [2.24, 2.45) is 9.98 Å². The first-order chi connectivity index (χ1) is 14.4. The second-order valence-electron chi connectivity index (χ2n) is 8.22. The molecule has 0 N–H and O–H groups in total. The zero-order valence-electron chi connectivity index (χ0n) is 18.8. The molecule has 0 bridgehead atoms. The van der Waals surface area contributed by atoms with Crippen LogP contribution >= 0.6 is 0 Å². The van der Waals surface area contributed by atoms with E-state index in [9.17, 15) is 0 Å². The van der Waals surface area contributed by atoms with Crippen LogP contribution in [-0.4, -0.2) is 16.4 Å². The summed E-state index contributed by atoms with van der Waals surface area (Å²) in [4.78, 5) is 14.6. The number of hydrogen-bond donors (Lipinski definition) is 0. The summed E-state index contributed by atoms with van der Waals surface area (Å²) in [5, 5.41) is 0. The lowest BCUT2D eigenvalue weighted by Crippen LogP contribution is -2.08. The fourth-order valence-electron chi connectivity index (χ4n) is 3.62. The van der Waals surface area contributed by atoms with E-state index in [4.69, 9.17) is 9.98 Å². The second kappa shape index (κ2) is 9.62. The molecule has 0 saturated heterocycles. The van der Waals surface area contributed by atoms with Crippen LogP contribution in [0.25, 0.3) is 0 Å². The highest BCUT2D eigenvalue weighted by molar-refractivity contribution is 6.11. The lowest BCUT2D eigenvalue weighted by Gasteiger charge is -2.13. The van der Waals surface area contributed by atoms with Crippen LogP contribution < -0.4 is 0 Å². The van der Waals surface area contributed by atoms with Crippen LogP contribution in [0.5, 0.6) is 0 Å². The molecule has 1 aromatic heterocycles. The predicted octanol–water partition coefficient (Wildman–Crippen LogP) is 7.61. The van der Waals surface area contributed by atoms with Crippen molar-refractivity contribution < 1.29 is 0 Å². The Bertz CT molecular complexity index is 988. The Morgan fingerprint density at radius 3 is 1.70 bits per heavy atom. The predicted molar refractivity (Wildman–Crippen MR) is 129 cm³/mol. The summed E-state index contributed by atoms with van der Waals surface area (Å²) in [6.07, 6.45) is 1.82. The van der Waals surface area contributed by atoms with Gasteiger partial charge in [-0.25, -0.2) is 0 Å². The van der Waals surface area contributed by atoms with Gasteiger partial charge in [0.25, 0.3) is 0 Å².